The summed E-state index contributed by atoms with van der Waals surface area (Å²) in [4.78, 5) is 24.0. The van der Waals surface area contributed by atoms with E-state index in [1.54, 1.807) is 18.2 Å². The molecule has 3 N–H and O–H groups in total. The van der Waals surface area contributed by atoms with E-state index in [1.807, 2.05) is 19.1 Å². The summed E-state index contributed by atoms with van der Waals surface area (Å²) in [6.45, 7) is 1.92. The van der Waals surface area contributed by atoms with Gasteiger partial charge in [-0.05, 0) is 49.5 Å². The SMILES string of the molecule is Cc1ccc(C(=O)NC(=S)NNC(=O)c2ccc(Cl)cc2Cl)cc1. The fraction of sp³-hybridized carbons (Fsp3) is 0.0625. The second-order valence-electron chi connectivity index (χ2n) is 4.85. The molecule has 0 heterocycles. The number of hydrazine groups is 1. The second-order valence-corrected chi connectivity index (χ2v) is 6.10. The quantitative estimate of drug-likeness (QED) is 0.551. The summed E-state index contributed by atoms with van der Waals surface area (Å²) in [5.74, 6) is -0.894. The van der Waals surface area contributed by atoms with Crippen LogP contribution >= 0.6 is 35.4 Å². The fourth-order valence-corrected chi connectivity index (χ4v) is 2.40. The second kappa shape index (κ2) is 8.10. The first kappa shape index (κ1) is 18.2. The van der Waals surface area contributed by atoms with Crippen LogP contribution in [0.3, 0.4) is 0 Å². The molecule has 0 unspecified atom stereocenters. The van der Waals surface area contributed by atoms with E-state index in [4.69, 9.17) is 35.4 Å². The van der Waals surface area contributed by atoms with Gasteiger partial charge in [0.25, 0.3) is 11.8 Å². The third kappa shape index (κ3) is 4.92. The Labute approximate surface area is 154 Å². The first-order valence-electron chi connectivity index (χ1n) is 6.80. The Morgan fingerprint density at radius 3 is 2.25 bits per heavy atom. The normalized spacial score (nSPS) is 9.96. The molecule has 0 aliphatic rings. The molecule has 2 amide bonds. The molecule has 24 heavy (non-hydrogen) atoms. The molecule has 0 radical (unpaired) electrons. The fourth-order valence-electron chi connectivity index (χ4n) is 1.77. The van der Waals surface area contributed by atoms with Crippen LogP contribution in [0, 0.1) is 6.92 Å². The average Bonchev–Trinajstić information content (AvgIpc) is 2.53. The lowest BCUT2D eigenvalue weighted by molar-refractivity contribution is 0.0934. The maximum absolute atomic E-state index is 12.0. The lowest BCUT2D eigenvalue weighted by atomic mass is 10.1. The highest BCUT2D eigenvalue weighted by Crippen LogP contribution is 2.20. The number of rotatable bonds is 2. The average molecular weight is 382 g/mol. The molecule has 0 aromatic heterocycles. The van der Waals surface area contributed by atoms with Crippen LogP contribution in [0.4, 0.5) is 0 Å². The molecule has 2 rings (SSSR count). The highest BCUT2D eigenvalue weighted by atomic mass is 35.5. The Kier molecular flexibility index (Phi) is 6.14. The van der Waals surface area contributed by atoms with Gasteiger partial charge in [0.05, 0.1) is 10.6 Å². The summed E-state index contributed by atoms with van der Waals surface area (Å²) < 4.78 is 0. The Balaban J connectivity index is 1.89. The van der Waals surface area contributed by atoms with Crippen molar-refractivity contribution in [1.29, 1.82) is 0 Å². The van der Waals surface area contributed by atoms with E-state index in [0.717, 1.165) is 5.56 Å². The van der Waals surface area contributed by atoms with Crippen molar-refractivity contribution in [3.63, 3.8) is 0 Å². The van der Waals surface area contributed by atoms with Crippen LogP contribution in [0.5, 0.6) is 0 Å². The summed E-state index contributed by atoms with van der Waals surface area (Å²) >= 11 is 16.7. The number of carbonyl (C=O) groups is 2. The molecule has 5 nitrogen and oxygen atoms in total. The molecule has 8 heteroatoms. The van der Waals surface area contributed by atoms with Crippen molar-refractivity contribution < 1.29 is 9.59 Å². The lowest BCUT2D eigenvalue weighted by Gasteiger charge is -2.11. The van der Waals surface area contributed by atoms with Crippen LogP contribution in [-0.4, -0.2) is 16.9 Å². The maximum Gasteiger partial charge on any atom is 0.271 e. The van der Waals surface area contributed by atoms with E-state index in [0.29, 0.717) is 10.6 Å². The number of nitrogens with one attached hydrogen (secondary N) is 3. The van der Waals surface area contributed by atoms with Gasteiger partial charge in [0.15, 0.2) is 5.11 Å². The van der Waals surface area contributed by atoms with Gasteiger partial charge in [-0.2, -0.15) is 0 Å². The molecule has 0 spiro atoms. The minimum atomic E-state index is -0.511. The highest BCUT2D eigenvalue weighted by molar-refractivity contribution is 7.80. The van der Waals surface area contributed by atoms with Crippen molar-refractivity contribution >= 4 is 52.3 Å². The van der Waals surface area contributed by atoms with Crippen molar-refractivity contribution in [2.45, 2.75) is 6.92 Å². The van der Waals surface area contributed by atoms with Crippen LogP contribution in [0.2, 0.25) is 10.0 Å². The number of amides is 2. The number of halogens is 2. The van der Waals surface area contributed by atoms with Gasteiger partial charge >= 0.3 is 0 Å². The summed E-state index contributed by atoms with van der Waals surface area (Å²) in [5, 5.41) is 3.04. The first-order chi connectivity index (χ1) is 11.4. The molecule has 0 bridgehead atoms. The molecule has 0 aliphatic heterocycles. The molecular formula is C16H13Cl2N3O2S. The predicted molar refractivity (Wildman–Crippen MR) is 98.3 cm³/mol. The van der Waals surface area contributed by atoms with E-state index < -0.39 is 5.91 Å². The third-order valence-corrected chi connectivity index (χ3v) is 3.76. The Morgan fingerprint density at radius 1 is 0.958 bits per heavy atom. The molecular weight excluding hydrogens is 369 g/mol. The molecule has 0 aliphatic carbocycles. The molecule has 0 saturated carbocycles. The van der Waals surface area contributed by atoms with Crippen molar-refractivity contribution in [2.75, 3.05) is 0 Å². The van der Waals surface area contributed by atoms with Crippen LogP contribution < -0.4 is 16.2 Å². The van der Waals surface area contributed by atoms with Crippen molar-refractivity contribution in [2.24, 2.45) is 0 Å². The number of carbonyl (C=O) groups excluding carboxylic acids is 2. The summed E-state index contributed by atoms with van der Waals surface area (Å²) in [6.07, 6.45) is 0. The lowest BCUT2D eigenvalue weighted by Crippen LogP contribution is -2.48. The smallest absolute Gasteiger partial charge is 0.271 e. The van der Waals surface area contributed by atoms with E-state index in [9.17, 15) is 9.59 Å². The monoisotopic (exact) mass is 381 g/mol. The zero-order valence-electron chi connectivity index (χ0n) is 12.5. The van der Waals surface area contributed by atoms with Gasteiger partial charge in [0.2, 0.25) is 0 Å². The van der Waals surface area contributed by atoms with E-state index in [1.165, 1.54) is 12.1 Å². The standard InChI is InChI=1S/C16H13Cl2N3O2S/c1-9-2-4-10(5-3-9)14(22)19-16(24)21-20-15(23)12-7-6-11(17)8-13(12)18/h2-8H,1H3,(H,20,23)(H2,19,21,22,24). The van der Waals surface area contributed by atoms with Crippen molar-refractivity contribution in [3.05, 3.63) is 69.2 Å². The predicted octanol–water partition coefficient (Wildman–Crippen LogP) is 3.25. The summed E-state index contributed by atoms with van der Waals surface area (Å²) in [5.41, 5.74) is 6.52. The van der Waals surface area contributed by atoms with Gasteiger partial charge in [-0.3, -0.25) is 25.8 Å². The zero-order chi connectivity index (χ0) is 17.7. The minimum absolute atomic E-state index is 0.0426. The largest absolute Gasteiger partial charge is 0.298 e. The number of aryl methyl sites for hydroxylation is 1. The Morgan fingerprint density at radius 2 is 1.62 bits per heavy atom. The van der Waals surface area contributed by atoms with Crippen LogP contribution in [-0.2, 0) is 0 Å². The number of thiocarbonyl (C=S) groups is 1. The van der Waals surface area contributed by atoms with E-state index in [2.05, 4.69) is 16.2 Å². The molecule has 0 saturated heterocycles. The third-order valence-electron chi connectivity index (χ3n) is 3.01. The molecule has 2 aromatic carbocycles. The van der Waals surface area contributed by atoms with E-state index in [-0.39, 0.29) is 21.6 Å². The Hall–Kier alpha value is -2.15. The van der Waals surface area contributed by atoms with Gasteiger partial charge in [-0.25, -0.2) is 0 Å². The van der Waals surface area contributed by atoms with Crippen molar-refractivity contribution in [1.82, 2.24) is 16.2 Å². The highest BCUT2D eigenvalue weighted by Gasteiger charge is 2.12. The number of benzene rings is 2. The van der Waals surface area contributed by atoms with Crippen molar-refractivity contribution in [3.8, 4) is 0 Å². The molecule has 124 valence electrons. The first-order valence-corrected chi connectivity index (χ1v) is 7.96. The van der Waals surface area contributed by atoms with Gasteiger partial charge in [0.1, 0.15) is 0 Å². The zero-order valence-corrected chi connectivity index (χ0v) is 14.9. The van der Waals surface area contributed by atoms with Gasteiger partial charge < -0.3 is 0 Å². The topological polar surface area (TPSA) is 70.2 Å². The number of hydrogen-bond acceptors (Lipinski definition) is 3. The van der Waals surface area contributed by atoms with Gasteiger partial charge in [-0.15, -0.1) is 0 Å². The molecule has 0 fully saturated rings. The van der Waals surface area contributed by atoms with Crippen LogP contribution in [0.1, 0.15) is 26.3 Å². The van der Waals surface area contributed by atoms with Crippen LogP contribution in [0.15, 0.2) is 42.5 Å². The van der Waals surface area contributed by atoms with Crippen LogP contribution in [0.25, 0.3) is 0 Å². The number of hydrogen-bond donors (Lipinski definition) is 3. The summed E-state index contributed by atoms with van der Waals surface area (Å²) in [6, 6.07) is 11.5. The van der Waals surface area contributed by atoms with E-state index >= 15 is 0 Å². The maximum atomic E-state index is 12.0. The Bertz CT molecular complexity index is 794. The summed E-state index contributed by atoms with van der Waals surface area (Å²) in [7, 11) is 0. The van der Waals surface area contributed by atoms with Gasteiger partial charge in [-0.1, -0.05) is 40.9 Å². The molecule has 0 atom stereocenters. The minimum Gasteiger partial charge on any atom is -0.298 e. The molecule has 2 aromatic rings. The van der Waals surface area contributed by atoms with Gasteiger partial charge in [0, 0.05) is 10.6 Å².